The van der Waals surface area contributed by atoms with E-state index < -0.39 is 23.7 Å². The Hall–Kier alpha value is -3.45. The molecule has 2 aromatic carbocycles. The first-order chi connectivity index (χ1) is 13.9. The van der Waals surface area contributed by atoms with Crippen LogP contribution in [0, 0.1) is 0 Å². The number of rotatable bonds is 6. The lowest BCUT2D eigenvalue weighted by molar-refractivity contribution is -0.140. The summed E-state index contributed by atoms with van der Waals surface area (Å²) in [7, 11) is 1.50. The van der Waals surface area contributed by atoms with Crippen LogP contribution in [0.25, 0.3) is 5.76 Å². The number of nitrogens with zero attached hydrogens (tertiary/aromatic N) is 1. The smallest absolute Gasteiger partial charge is 0.308 e. The standard InChI is InChI=1S/C22H21NO6/c1-14(24)29-17-10-8-15(9-11-17)19-18(20(25)16-6-4-3-5-7-16)21(26)22(27)23(19)12-13-28-2/h3-11,19,25H,12-13H2,1-2H3/b20-18-. The van der Waals surface area contributed by atoms with E-state index in [1.807, 2.05) is 0 Å². The zero-order valence-corrected chi connectivity index (χ0v) is 16.1. The van der Waals surface area contributed by atoms with Crippen LogP contribution in [0.3, 0.4) is 0 Å². The molecule has 3 rings (SSSR count). The topological polar surface area (TPSA) is 93.1 Å². The molecular weight excluding hydrogens is 374 g/mol. The van der Waals surface area contributed by atoms with Crippen LogP contribution in [-0.2, 0) is 19.1 Å². The predicted octanol–water partition coefficient (Wildman–Crippen LogP) is 2.68. The van der Waals surface area contributed by atoms with E-state index in [-0.39, 0.29) is 24.5 Å². The van der Waals surface area contributed by atoms with Crippen molar-refractivity contribution < 1.29 is 29.0 Å². The third-order valence-electron chi connectivity index (χ3n) is 4.58. The molecule has 1 N–H and O–H groups in total. The first kappa shape index (κ1) is 20.3. The fraction of sp³-hybridized carbons (Fsp3) is 0.227. The number of esters is 1. The number of carbonyl (C=O) groups is 3. The molecule has 1 heterocycles. The van der Waals surface area contributed by atoms with Gasteiger partial charge in [0.1, 0.15) is 11.5 Å². The van der Waals surface area contributed by atoms with Gasteiger partial charge in [0.05, 0.1) is 18.2 Å². The fourth-order valence-corrected chi connectivity index (χ4v) is 3.28. The van der Waals surface area contributed by atoms with Gasteiger partial charge in [-0.3, -0.25) is 14.4 Å². The minimum absolute atomic E-state index is 0.0116. The second-order valence-electron chi connectivity index (χ2n) is 6.51. The van der Waals surface area contributed by atoms with Crippen LogP contribution in [0.5, 0.6) is 5.75 Å². The SMILES string of the molecule is COCCN1C(=O)C(=O)/C(=C(\O)c2ccccc2)C1c1ccc(OC(C)=O)cc1. The fourth-order valence-electron chi connectivity index (χ4n) is 3.28. The molecule has 1 aliphatic heterocycles. The molecule has 0 spiro atoms. The van der Waals surface area contributed by atoms with Gasteiger partial charge in [0, 0.05) is 26.1 Å². The second kappa shape index (κ2) is 8.70. The maximum atomic E-state index is 12.8. The Kier molecular flexibility index (Phi) is 6.09. The highest BCUT2D eigenvalue weighted by Gasteiger charge is 2.45. The summed E-state index contributed by atoms with van der Waals surface area (Å²) >= 11 is 0. The van der Waals surface area contributed by atoms with Crippen molar-refractivity contribution in [2.75, 3.05) is 20.3 Å². The van der Waals surface area contributed by atoms with Crippen molar-refractivity contribution in [1.82, 2.24) is 4.90 Å². The van der Waals surface area contributed by atoms with E-state index in [1.54, 1.807) is 54.6 Å². The third kappa shape index (κ3) is 4.20. The van der Waals surface area contributed by atoms with Gasteiger partial charge >= 0.3 is 5.97 Å². The molecule has 0 radical (unpaired) electrons. The van der Waals surface area contributed by atoms with Crippen molar-refractivity contribution in [3.8, 4) is 5.75 Å². The molecule has 1 fully saturated rings. The van der Waals surface area contributed by atoms with Crippen LogP contribution in [-0.4, -0.2) is 47.9 Å². The van der Waals surface area contributed by atoms with Gasteiger partial charge in [-0.25, -0.2) is 0 Å². The summed E-state index contributed by atoms with van der Waals surface area (Å²) in [4.78, 5) is 37.9. The number of ether oxygens (including phenoxy) is 2. The average Bonchev–Trinajstić information content (AvgIpc) is 2.97. The minimum Gasteiger partial charge on any atom is -0.507 e. The summed E-state index contributed by atoms with van der Waals surface area (Å²) < 4.78 is 10.1. The number of benzene rings is 2. The van der Waals surface area contributed by atoms with E-state index in [4.69, 9.17) is 9.47 Å². The summed E-state index contributed by atoms with van der Waals surface area (Å²) in [5, 5.41) is 10.8. The minimum atomic E-state index is -0.781. The quantitative estimate of drug-likeness (QED) is 0.266. The van der Waals surface area contributed by atoms with Crippen molar-refractivity contribution in [2.24, 2.45) is 0 Å². The molecule has 1 saturated heterocycles. The molecule has 0 aromatic heterocycles. The zero-order chi connectivity index (χ0) is 21.0. The molecule has 7 heteroatoms. The number of hydrogen-bond donors (Lipinski definition) is 1. The van der Waals surface area contributed by atoms with Gasteiger partial charge in [0.15, 0.2) is 0 Å². The number of carbonyl (C=O) groups excluding carboxylic acids is 3. The summed E-state index contributed by atoms with van der Waals surface area (Å²) in [6, 6.07) is 14.3. The van der Waals surface area contributed by atoms with Crippen molar-refractivity contribution in [2.45, 2.75) is 13.0 Å². The van der Waals surface area contributed by atoms with Gasteiger partial charge < -0.3 is 19.5 Å². The highest BCUT2D eigenvalue weighted by Crippen LogP contribution is 2.39. The van der Waals surface area contributed by atoms with Gasteiger partial charge in [-0.1, -0.05) is 42.5 Å². The summed E-state index contributed by atoms with van der Waals surface area (Å²) in [6.45, 7) is 1.72. The monoisotopic (exact) mass is 395 g/mol. The Bertz CT molecular complexity index is 949. The maximum Gasteiger partial charge on any atom is 0.308 e. The maximum absolute atomic E-state index is 12.8. The molecule has 1 unspecified atom stereocenters. The van der Waals surface area contributed by atoms with Crippen LogP contribution < -0.4 is 4.74 Å². The molecule has 29 heavy (non-hydrogen) atoms. The molecule has 2 aromatic rings. The van der Waals surface area contributed by atoms with E-state index in [9.17, 15) is 19.5 Å². The lowest BCUT2D eigenvalue weighted by Crippen LogP contribution is -2.32. The molecule has 1 amide bonds. The first-order valence-electron chi connectivity index (χ1n) is 9.05. The van der Waals surface area contributed by atoms with E-state index in [0.29, 0.717) is 16.9 Å². The first-order valence-corrected chi connectivity index (χ1v) is 9.05. The Morgan fingerprint density at radius 1 is 1.07 bits per heavy atom. The van der Waals surface area contributed by atoms with Gasteiger partial charge in [0.2, 0.25) is 0 Å². The Labute approximate surface area is 168 Å². The van der Waals surface area contributed by atoms with E-state index in [1.165, 1.54) is 18.9 Å². The average molecular weight is 395 g/mol. The largest absolute Gasteiger partial charge is 0.507 e. The highest BCUT2D eigenvalue weighted by molar-refractivity contribution is 6.46. The predicted molar refractivity (Wildman–Crippen MR) is 105 cm³/mol. The number of likely N-dealkylation sites (tertiary alicyclic amines) is 1. The van der Waals surface area contributed by atoms with Crippen LogP contribution in [0.2, 0.25) is 0 Å². The lowest BCUT2D eigenvalue weighted by Gasteiger charge is -2.25. The van der Waals surface area contributed by atoms with E-state index in [0.717, 1.165) is 0 Å². The van der Waals surface area contributed by atoms with Crippen molar-refractivity contribution >= 4 is 23.4 Å². The van der Waals surface area contributed by atoms with E-state index >= 15 is 0 Å². The second-order valence-corrected chi connectivity index (χ2v) is 6.51. The van der Waals surface area contributed by atoms with Crippen LogP contribution in [0.1, 0.15) is 24.1 Å². The highest BCUT2D eigenvalue weighted by atomic mass is 16.5. The number of hydrogen-bond acceptors (Lipinski definition) is 6. The van der Waals surface area contributed by atoms with Crippen molar-refractivity contribution in [1.29, 1.82) is 0 Å². The summed E-state index contributed by atoms with van der Waals surface area (Å²) in [5.41, 5.74) is 1.06. The normalized spacial score (nSPS) is 18.1. The van der Waals surface area contributed by atoms with Gasteiger partial charge in [0.25, 0.3) is 11.7 Å². The van der Waals surface area contributed by atoms with Gasteiger partial charge in [-0.15, -0.1) is 0 Å². The van der Waals surface area contributed by atoms with Gasteiger partial charge in [-0.05, 0) is 17.7 Å². The van der Waals surface area contributed by atoms with Crippen molar-refractivity contribution in [3.63, 3.8) is 0 Å². The van der Waals surface area contributed by atoms with Crippen LogP contribution in [0.4, 0.5) is 0 Å². The lowest BCUT2D eigenvalue weighted by atomic mass is 9.95. The molecule has 0 bridgehead atoms. The zero-order valence-electron chi connectivity index (χ0n) is 16.1. The Morgan fingerprint density at radius 2 is 1.72 bits per heavy atom. The summed E-state index contributed by atoms with van der Waals surface area (Å²) in [6.07, 6.45) is 0. The number of Topliss-reactive ketones (excluding diaryl/α,β-unsaturated/α-hetero) is 1. The number of methoxy groups -OCH3 is 1. The Balaban J connectivity index is 2.09. The number of aliphatic hydroxyl groups is 1. The van der Waals surface area contributed by atoms with Crippen LogP contribution >= 0.6 is 0 Å². The Morgan fingerprint density at radius 3 is 2.31 bits per heavy atom. The number of aliphatic hydroxyl groups excluding tert-OH is 1. The molecule has 0 aliphatic carbocycles. The van der Waals surface area contributed by atoms with Crippen molar-refractivity contribution in [3.05, 3.63) is 71.3 Å². The number of amides is 1. The van der Waals surface area contributed by atoms with Gasteiger partial charge in [-0.2, -0.15) is 0 Å². The summed E-state index contributed by atoms with van der Waals surface area (Å²) in [5.74, 6) is -1.80. The molecule has 150 valence electrons. The molecular formula is C22H21NO6. The van der Waals surface area contributed by atoms with E-state index in [2.05, 4.69) is 0 Å². The molecule has 1 atom stereocenters. The molecule has 0 saturated carbocycles. The van der Waals surface area contributed by atoms with Crippen LogP contribution in [0.15, 0.2) is 60.2 Å². The molecule has 7 nitrogen and oxygen atoms in total. The third-order valence-corrected chi connectivity index (χ3v) is 4.58. The number of ketones is 1. The molecule has 1 aliphatic rings.